The summed E-state index contributed by atoms with van der Waals surface area (Å²) in [6, 6.07) is 6.53. The standard InChI is InChI=1S/C14H10F3NO2/c15-9-3-8(4-10(16)5-9)7-18-11-1-2-13(17)12(6-11)14(19)20/h1-6,18H,7H2,(H,19,20). The highest BCUT2D eigenvalue weighted by atomic mass is 19.1. The Balaban J connectivity index is 2.14. The van der Waals surface area contributed by atoms with Crippen LogP contribution >= 0.6 is 0 Å². The maximum absolute atomic E-state index is 13.2. The van der Waals surface area contributed by atoms with Gasteiger partial charge in [0.05, 0.1) is 5.56 Å². The summed E-state index contributed by atoms with van der Waals surface area (Å²) in [4.78, 5) is 10.8. The highest BCUT2D eigenvalue weighted by Crippen LogP contribution is 2.16. The van der Waals surface area contributed by atoms with E-state index in [1.165, 1.54) is 6.07 Å². The molecule has 2 aromatic rings. The maximum atomic E-state index is 13.2. The fourth-order valence-electron chi connectivity index (χ4n) is 1.72. The van der Waals surface area contributed by atoms with Crippen LogP contribution in [0.15, 0.2) is 36.4 Å². The Morgan fingerprint density at radius 2 is 1.70 bits per heavy atom. The van der Waals surface area contributed by atoms with Crippen LogP contribution in [0.4, 0.5) is 18.9 Å². The summed E-state index contributed by atoms with van der Waals surface area (Å²) >= 11 is 0. The molecule has 0 heterocycles. The first-order valence-corrected chi connectivity index (χ1v) is 5.67. The molecule has 0 bridgehead atoms. The van der Waals surface area contributed by atoms with Crippen LogP contribution in [0, 0.1) is 17.5 Å². The molecule has 2 rings (SSSR count). The molecule has 0 aliphatic heterocycles. The quantitative estimate of drug-likeness (QED) is 0.902. The molecule has 2 N–H and O–H groups in total. The minimum Gasteiger partial charge on any atom is -0.478 e. The monoisotopic (exact) mass is 281 g/mol. The number of carboxylic acid groups (broad SMARTS) is 1. The minimum atomic E-state index is -1.39. The third-order valence-corrected chi connectivity index (χ3v) is 2.62. The zero-order chi connectivity index (χ0) is 14.7. The fourth-order valence-corrected chi connectivity index (χ4v) is 1.72. The van der Waals surface area contributed by atoms with Crippen LogP contribution in [0.3, 0.4) is 0 Å². The number of nitrogens with one attached hydrogen (secondary N) is 1. The molecule has 0 saturated heterocycles. The van der Waals surface area contributed by atoms with Gasteiger partial charge in [-0.15, -0.1) is 0 Å². The Hall–Kier alpha value is -2.50. The molecular weight excluding hydrogens is 271 g/mol. The van der Waals surface area contributed by atoms with Gasteiger partial charge in [0.15, 0.2) is 0 Å². The number of benzene rings is 2. The smallest absolute Gasteiger partial charge is 0.338 e. The van der Waals surface area contributed by atoms with Crippen LogP contribution in [0.1, 0.15) is 15.9 Å². The van der Waals surface area contributed by atoms with Gasteiger partial charge in [-0.25, -0.2) is 18.0 Å². The third kappa shape index (κ3) is 3.28. The number of anilines is 1. The van der Waals surface area contributed by atoms with Gasteiger partial charge < -0.3 is 10.4 Å². The predicted molar refractivity (Wildman–Crippen MR) is 67.0 cm³/mol. The summed E-state index contributed by atoms with van der Waals surface area (Å²) in [5, 5.41) is 11.6. The third-order valence-electron chi connectivity index (χ3n) is 2.62. The Morgan fingerprint density at radius 1 is 1.05 bits per heavy atom. The van der Waals surface area contributed by atoms with Crippen LogP contribution < -0.4 is 5.32 Å². The number of hydrogen-bond donors (Lipinski definition) is 2. The molecule has 0 aromatic heterocycles. The van der Waals surface area contributed by atoms with Crippen molar-refractivity contribution in [2.45, 2.75) is 6.54 Å². The predicted octanol–water partition coefficient (Wildman–Crippen LogP) is 3.41. The van der Waals surface area contributed by atoms with Gasteiger partial charge in [-0.2, -0.15) is 0 Å². The molecular formula is C14H10F3NO2. The van der Waals surface area contributed by atoms with E-state index in [2.05, 4.69) is 5.32 Å². The normalized spacial score (nSPS) is 10.3. The zero-order valence-electron chi connectivity index (χ0n) is 10.2. The van der Waals surface area contributed by atoms with E-state index in [1.54, 1.807) is 0 Å². The van der Waals surface area contributed by atoms with Crippen LogP contribution in [-0.2, 0) is 6.54 Å². The van der Waals surface area contributed by atoms with Crippen molar-refractivity contribution in [3.63, 3.8) is 0 Å². The van der Waals surface area contributed by atoms with Gasteiger partial charge in [0, 0.05) is 18.3 Å². The molecule has 2 aromatic carbocycles. The van der Waals surface area contributed by atoms with E-state index in [4.69, 9.17) is 5.11 Å². The van der Waals surface area contributed by atoms with Crippen molar-refractivity contribution < 1.29 is 23.1 Å². The minimum absolute atomic E-state index is 0.0827. The lowest BCUT2D eigenvalue weighted by molar-refractivity contribution is 0.0692. The average Bonchev–Trinajstić information content (AvgIpc) is 2.36. The van der Waals surface area contributed by atoms with Crippen molar-refractivity contribution in [1.29, 1.82) is 0 Å². The van der Waals surface area contributed by atoms with Gasteiger partial charge in [-0.1, -0.05) is 0 Å². The molecule has 6 heteroatoms. The van der Waals surface area contributed by atoms with Gasteiger partial charge in [-0.3, -0.25) is 0 Å². The summed E-state index contributed by atoms with van der Waals surface area (Å²) in [6.07, 6.45) is 0. The summed E-state index contributed by atoms with van der Waals surface area (Å²) < 4.78 is 39.1. The zero-order valence-corrected chi connectivity index (χ0v) is 10.2. The molecule has 0 fully saturated rings. The molecule has 0 aliphatic rings. The lowest BCUT2D eigenvalue weighted by atomic mass is 10.1. The van der Waals surface area contributed by atoms with Crippen LogP contribution in [0.2, 0.25) is 0 Å². The second-order valence-electron chi connectivity index (χ2n) is 4.13. The molecule has 3 nitrogen and oxygen atoms in total. The van der Waals surface area contributed by atoms with Crippen molar-refractivity contribution in [3.8, 4) is 0 Å². The Labute approximate surface area is 112 Å². The van der Waals surface area contributed by atoms with E-state index in [1.807, 2.05) is 0 Å². The second-order valence-corrected chi connectivity index (χ2v) is 4.13. The molecule has 0 spiro atoms. The van der Waals surface area contributed by atoms with E-state index < -0.39 is 29.0 Å². The largest absolute Gasteiger partial charge is 0.478 e. The molecule has 0 unspecified atom stereocenters. The van der Waals surface area contributed by atoms with Crippen molar-refractivity contribution >= 4 is 11.7 Å². The van der Waals surface area contributed by atoms with Crippen molar-refractivity contribution in [1.82, 2.24) is 0 Å². The van der Waals surface area contributed by atoms with Crippen molar-refractivity contribution in [2.24, 2.45) is 0 Å². The van der Waals surface area contributed by atoms with Gasteiger partial charge in [0.1, 0.15) is 17.5 Å². The van der Waals surface area contributed by atoms with Gasteiger partial charge >= 0.3 is 5.97 Å². The van der Waals surface area contributed by atoms with Gasteiger partial charge in [-0.05, 0) is 35.9 Å². The van der Waals surface area contributed by atoms with Crippen molar-refractivity contribution in [2.75, 3.05) is 5.32 Å². The average molecular weight is 281 g/mol. The SMILES string of the molecule is O=C(O)c1cc(NCc2cc(F)cc(F)c2)ccc1F. The van der Waals surface area contributed by atoms with E-state index in [0.29, 0.717) is 11.3 Å². The van der Waals surface area contributed by atoms with E-state index in [-0.39, 0.29) is 6.54 Å². The highest BCUT2D eigenvalue weighted by molar-refractivity contribution is 5.89. The molecule has 104 valence electrons. The molecule has 0 atom stereocenters. The number of carboxylic acids is 1. The number of carbonyl (C=O) groups is 1. The summed E-state index contributed by atoms with van der Waals surface area (Å²) in [6.45, 7) is 0.0827. The second kappa shape index (κ2) is 5.64. The topological polar surface area (TPSA) is 49.3 Å². The molecule has 0 aliphatic carbocycles. The van der Waals surface area contributed by atoms with Gasteiger partial charge in [0.2, 0.25) is 0 Å². The first kappa shape index (κ1) is 13.9. The summed E-state index contributed by atoms with van der Waals surface area (Å²) in [5.74, 6) is -3.64. The fraction of sp³-hybridized carbons (Fsp3) is 0.0714. The Kier molecular flexibility index (Phi) is 3.93. The number of halogens is 3. The highest BCUT2D eigenvalue weighted by Gasteiger charge is 2.10. The summed E-state index contributed by atoms with van der Waals surface area (Å²) in [5.41, 5.74) is 0.220. The first-order chi connectivity index (χ1) is 9.45. The van der Waals surface area contributed by atoms with Crippen LogP contribution in [0.25, 0.3) is 0 Å². The van der Waals surface area contributed by atoms with Crippen LogP contribution in [-0.4, -0.2) is 11.1 Å². The lowest BCUT2D eigenvalue weighted by Crippen LogP contribution is -2.04. The molecule has 20 heavy (non-hydrogen) atoms. The number of aromatic carboxylic acids is 1. The van der Waals surface area contributed by atoms with Crippen LogP contribution in [0.5, 0.6) is 0 Å². The molecule has 0 amide bonds. The lowest BCUT2D eigenvalue weighted by Gasteiger charge is -2.08. The summed E-state index contributed by atoms with van der Waals surface area (Å²) in [7, 11) is 0. The van der Waals surface area contributed by atoms with E-state index in [0.717, 1.165) is 30.3 Å². The Morgan fingerprint density at radius 3 is 2.30 bits per heavy atom. The number of rotatable bonds is 4. The first-order valence-electron chi connectivity index (χ1n) is 5.67. The van der Waals surface area contributed by atoms with E-state index >= 15 is 0 Å². The molecule has 0 saturated carbocycles. The van der Waals surface area contributed by atoms with Crippen molar-refractivity contribution in [3.05, 3.63) is 65.0 Å². The molecule has 0 radical (unpaired) electrons. The van der Waals surface area contributed by atoms with E-state index in [9.17, 15) is 18.0 Å². The number of hydrogen-bond acceptors (Lipinski definition) is 2. The maximum Gasteiger partial charge on any atom is 0.338 e. The Bertz CT molecular complexity index is 639. The van der Waals surface area contributed by atoms with Gasteiger partial charge in [0.25, 0.3) is 0 Å².